The highest BCUT2D eigenvalue weighted by Gasteiger charge is 2.40. The van der Waals surface area contributed by atoms with Gasteiger partial charge in [0.1, 0.15) is 11.5 Å². The number of hydrogen-bond acceptors (Lipinski definition) is 3. The van der Waals surface area contributed by atoms with E-state index >= 15 is 0 Å². The monoisotopic (exact) mass is 408 g/mol. The quantitative estimate of drug-likeness (QED) is 0.297. The fraction of sp³-hybridized carbons (Fsp3) is 0. The van der Waals surface area contributed by atoms with Crippen molar-refractivity contribution in [1.82, 2.24) is 0 Å². The van der Waals surface area contributed by atoms with E-state index in [2.05, 4.69) is 6.07 Å². The zero-order valence-corrected chi connectivity index (χ0v) is 16.9. The molecule has 3 nitrogen and oxygen atoms in total. The fourth-order valence-corrected chi connectivity index (χ4v) is 5.98. The van der Waals surface area contributed by atoms with Gasteiger partial charge in [0.05, 0.1) is 5.30 Å². The lowest BCUT2D eigenvalue weighted by Gasteiger charge is -2.29. The summed E-state index contributed by atoms with van der Waals surface area (Å²) in [5, 5.41) is 4.47. The molecule has 1 aliphatic heterocycles. The summed E-state index contributed by atoms with van der Waals surface area (Å²) in [5.74, 6) is 1.16. The van der Waals surface area contributed by atoms with E-state index in [-0.39, 0.29) is 0 Å². The minimum absolute atomic E-state index is 0.551. The lowest BCUT2D eigenvalue weighted by molar-refractivity contribution is 0.401. The maximum Gasteiger partial charge on any atom is 0.463 e. The Labute approximate surface area is 174 Å². The molecule has 5 aromatic rings. The highest BCUT2D eigenvalue weighted by Crippen LogP contribution is 2.57. The highest BCUT2D eigenvalue weighted by molar-refractivity contribution is 7.63. The molecule has 0 radical (unpaired) electrons. The third kappa shape index (κ3) is 2.56. The van der Waals surface area contributed by atoms with Crippen LogP contribution in [0.4, 0.5) is 0 Å². The Hall–Kier alpha value is -3.55. The van der Waals surface area contributed by atoms with Crippen molar-refractivity contribution in [3.05, 3.63) is 103 Å². The number of rotatable bonds is 2. The van der Waals surface area contributed by atoms with Gasteiger partial charge in [0.2, 0.25) is 0 Å². The molecule has 1 heterocycles. The molecule has 4 heteroatoms. The topological polar surface area (TPSA) is 35.5 Å². The summed E-state index contributed by atoms with van der Waals surface area (Å²) in [4.78, 5) is 0. The maximum atomic E-state index is 14.2. The molecule has 144 valence electrons. The van der Waals surface area contributed by atoms with Crippen molar-refractivity contribution in [3.63, 3.8) is 0 Å². The lowest BCUT2D eigenvalue weighted by atomic mass is 9.99. The van der Waals surface area contributed by atoms with E-state index in [1.807, 2.05) is 97.1 Å². The third-order valence-electron chi connectivity index (χ3n) is 5.55. The number of hydrogen-bond donors (Lipinski definition) is 0. The molecule has 30 heavy (non-hydrogen) atoms. The molecule has 0 unspecified atom stereocenters. The van der Waals surface area contributed by atoms with E-state index in [4.69, 9.17) is 9.05 Å². The predicted octanol–water partition coefficient (Wildman–Crippen LogP) is 6.95. The summed E-state index contributed by atoms with van der Waals surface area (Å²) >= 11 is 0. The van der Waals surface area contributed by atoms with Gasteiger partial charge in [0.25, 0.3) is 0 Å². The molecule has 0 saturated heterocycles. The van der Waals surface area contributed by atoms with Gasteiger partial charge >= 0.3 is 7.60 Å². The second kappa shape index (κ2) is 6.48. The minimum Gasteiger partial charge on any atom is -0.412 e. The number of benzene rings is 5. The summed E-state index contributed by atoms with van der Waals surface area (Å²) < 4.78 is 26.7. The summed E-state index contributed by atoms with van der Waals surface area (Å²) in [6, 6.07) is 33.3. The van der Waals surface area contributed by atoms with Gasteiger partial charge in [0.15, 0.2) is 0 Å². The molecule has 0 saturated carbocycles. The van der Waals surface area contributed by atoms with Crippen LogP contribution in [0.2, 0.25) is 0 Å². The second-order valence-corrected chi connectivity index (χ2v) is 9.18. The first kappa shape index (κ1) is 17.3. The van der Waals surface area contributed by atoms with Gasteiger partial charge in [0, 0.05) is 21.9 Å². The van der Waals surface area contributed by atoms with Crippen molar-refractivity contribution in [1.29, 1.82) is 0 Å². The first-order valence-corrected chi connectivity index (χ1v) is 11.4. The van der Waals surface area contributed by atoms with E-state index in [1.165, 1.54) is 0 Å². The summed E-state index contributed by atoms with van der Waals surface area (Å²) in [6.45, 7) is 0. The molecule has 1 atom stereocenters. The number of fused-ring (bicyclic) bond motifs is 6. The predicted molar refractivity (Wildman–Crippen MR) is 122 cm³/mol. The molecule has 0 aromatic heterocycles. The standard InChI is InChI=1S/C26H17O3P/c27-30(28-24-14-7-10-18-8-1-3-11-20(18)24)25-15-6-5-13-22(25)23-17-16-19-9-2-4-12-21(19)26(23)29-30/h1-17H/t30-/m1/s1. The normalized spacial score (nSPS) is 17.2. The lowest BCUT2D eigenvalue weighted by Crippen LogP contribution is -2.21. The molecule has 0 aliphatic carbocycles. The van der Waals surface area contributed by atoms with Gasteiger partial charge in [-0.05, 0) is 29.0 Å². The molecular weight excluding hydrogens is 391 g/mol. The first-order chi connectivity index (χ1) is 14.7. The van der Waals surface area contributed by atoms with Crippen molar-refractivity contribution >= 4 is 34.4 Å². The summed E-state index contributed by atoms with van der Waals surface area (Å²) in [6.07, 6.45) is 0. The van der Waals surface area contributed by atoms with Crippen LogP contribution >= 0.6 is 7.60 Å². The Kier molecular flexibility index (Phi) is 3.74. The molecule has 0 N–H and O–H groups in total. The fourth-order valence-electron chi connectivity index (χ4n) is 4.14. The molecule has 0 fully saturated rings. The van der Waals surface area contributed by atoms with Crippen molar-refractivity contribution in [3.8, 4) is 22.6 Å². The second-order valence-electron chi connectivity index (χ2n) is 7.34. The van der Waals surface area contributed by atoms with Crippen LogP contribution in [-0.4, -0.2) is 0 Å². The smallest absolute Gasteiger partial charge is 0.412 e. The molecule has 0 bridgehead atoms. The Morgan fingerprint density at radius 3 is 2.13 bits per heavy atom. The molecule has 0 spiro atoms. The van der Waals surface area contributed by atoms with Crippen LogP contribution in [0.5, 0.6) is 11.5 Å². The van der Waals surface area contributed by atoms with Gasteiger partial charge in [-0.1, -0.05) is 84.9 Å². The van der Waals surface area contributed by atoms with E-state index in [0.717, 1.165) is 32.7 Å². The Morgan fingerprint density at radius 1 is 0.600 bits per heavy atom. The zero-order chi connectivity index (χ0) is 20.1. The van der Waals surface area contributed by atoms with Crippen LogP contribution in [0.25, 0.3) is 32.7 Å². The SMILES string of the molecule is O=[P@]1(Oc2cccc3ccccc23)Oc2c(ccc3ccccc23)-c2ccccc21. The van der Waals surface area contributed by atoms with E-state index < -0.39 is 7.60 Å². The zero-order valence-electron chi connectivity index (χ0n) is 16.0. The van der Waals surface area contributed by atoms with E-state index in [1.54, 1.807) is 0 Å². The van der Waals surface area contributed by atoms with Gasteiger partial charge in [-0.3, -0.25) is 0 Å². The Bertz CT molecular complexity index is 1480. The van der Waals surface area contributed by atoms with Crippen molar-refractivity contribution in [2.75, 3.05) is 0 Å². The van der Waals surface area contributed by atoms with Gasteiger partial charge < -0.3 is 9.05 Å². The Balaban J connectivity index is 1.58. The summed E-state index contributed by atoms with van der Waals surface area (Å²) in [5.41, 5.74) is 1.81. The van der Waals surface area contributed by atoms with Gasteiger partial charge in [-0.15, -0.1) is 0 Å². The van der Waals surface area contributed by atoms with Crippen LogP contribution in [0.3, 0.4) is 0 Å². The molecular formula is C26H17O3P. The van der Waals surface area contributed by atoms with Crippen molar-refractivity contribution < 1.29 is 13.6 Å². The first-order valence-electron chi connectivity index (χ1n) is 9.82. The third-order valence-corrected chi connectivity index (χ3v) is 7.39. The van der Waals surface area contributed by atoms with Crippen LogP contribution in [0.15, 0.2) is 103 Å². The van der Waals surface area contributed by atoms with Crippen LogP contribution < -0.4 is 14.4 Å². The Morgan fingerprint density at radius 2 is 1.27 bits per heavy atom. The molecule has 0 amide bonds. The van der Waals surface area contributed by atoms with Crippen LogP contribution in [-0.2, 0) is 4.57 Å². The van der Waals surface area contributed by atoms with E-state index in [0.29, 0.717) is 16.8 Å². The maximum absolute atomic E-state index is 14.2. The van der Waals surface area contributed by atoms with Gasteiger partial charge in [-0.2, -0.15) is 0 Å². The van der Waals surface area contributed by atoms with Crippen LogP contribution in [0.1, 0.15) is 0 Å². The average Bonchev–Trinajstić information content (AvgIpc) is 2.79. The summed E-state index contributed by atoms with van der Waals surface area (Å²) in [7, 11) is -3.67. The average molecular weight is 408 g/mol. The molecule has 6 rings (SSSR count). The molecule has 5 aromatic carbocycles. The van der Waals surface area contributed by atoms with Gasteiger partial charge in [-0.25, -0.2) is 4.57 Å². The van der Waals surface area contributed by atoms with Crippen LogP contribution in [0, 0.1) is 0 Å². The molecule has 1 aliphatic rings. The highest BCUT2D eigenvalue weighted by atomic mass is 31.2. The van der Waals surface area contributed by atoms with E-state index in [9.17, 15) is 4.57 Å². The van der Waals surface area contributed by atoms with Crippen molar-refractivity contribution in [2.24, 2.45) is 0 Å². The largest absolute Gasteiger partial charge is 0.463 e. The van der Waals surface area contributed by atoms with Crippen molar-refractivity contribution in [2.45, 2.75) is 0 Å². The minimum atomic E-state index is -3.67.